The van der Waals surface area contributed by atoms with E-state index >= 15 is 8.78 Å². The fraction of sp³-hybridized carbons (Fsp3) is 0.348. The number of fused-ring (bicyclic) bond motifs is 4. The van der Waals surface area contributed by atoms with Crippen molar-refractivity contribution in [3.63, 3.8) is 0 Å². The number of aromatic nitrogens is 3. The van der Waals surface area contributed by atoms with E-state index in [1.54, 1.807) is 0 Å². The molecular formula is C23H18BF6N3O2. The maximum absolute atomic E-state index is 15.0. The number of ether oxygens (including phenoxy) is 2. The topological polar surface area (TPSA) is 57.1 Å². The zero-order valence-electron chi connectivity index (χ0n) is 18.7. The lowest BCUT2D eigenvalue weighted by atomic mass is 9.33. The van der Waals surface area contributed by atoms with Gasteiger partial charge in [-0.25, -0.2) is 0 Å². The first kappa shape index (κ1) is 23.4. The number of nitrogens with zero attached hydrogens (tertiary/aromatic N) is 3. The molecular weight excluding hydrogens is 475 g/mol. The van der Waals surface area contributed by atoms with Gasteiger partial charge in [0.2, 0.25) is 11.9 Å². The second-order valence-corrected chi connectivity index (χ2v) is 8.44. The fourth-order valence-corrected chi connectivity index (χ4v) is 4.72. The van der Waals surface area contributed by atoms with E-state index in [9.17, 15) is 17.6 Å². The van der Waals surface area contributed by atoms with Crippen molar-refractivity contribution in [2.75, 3.05) is 0 Å². The maximum Gasteiger partial charge on any atom is 0.262 e. The van der Waals surface area contributed by atoms with Crippen molar-refractivity contribution in [2.45, 2.75) is 52.4 Å². The molecule has 3 aromatic heterocycles. The van der Waals surface area contributed by atoms with Crippen molar-refractivity contribution >= 4 is 23.1 Å². The first-order valence-corrected chi connectivity index (χ1v) is 11.3. The van der Waals surface area contributed by atoms with Gasteiger partial charge in [-0.1, -0.05) is 26.7 Å². The lowest BCUT2D eigenvalue weighted by Gasteiger charge is -2.34. The molecule has 5 nitrogen and oxygen atoms in total. The van der Waals surface area contributed by atoms with E-state index in [-0.39, 0.29) is 40.4 Å². The molecule has 0 N–H and O–H groups in total. The van der Waals surface area contributed by atoms with E-state index in [0.717, 1.165) is 0 Å². The van der Waals surface area contributed by atoms with Crippen LogP contribution in [0.25, 0.3) is 0 Å². The molecule has 0 saturated carbocycles. The minimum absolute atomic E-state index is 0.0746. The monoisotopic (exact) mass is 493 g/mol. The Balaban J connectivity index is 1.92. The molecule has 2 aliphatic rings. The molecule has 35 heavy (non-hydrogen) atoms. The molecule has 0 aromatic carbocycles. The van der Waals surface area contributed by atoms with Crippen LogP contribution in [0.15, 0.2) is 0 Å². The van der Waals surface area contributed by atoms with Crippen molar-refractivity contribution < 1.29 is 35.8 Å². The number of unbranched alkanes of at least 4 members (excludes halogenated alkanes) is 2. The smallest absolute Gasteiger partial charge is 0.262 e. The van der Waals surface area contributed by atoms with Gasteiger partial charge in [0.05, 0.1) is 0 Å². The molecule has 0 saturated heterocycles. The Labute approximate surface area is 196 Å². The van der Waals surface area contributed by atoms with E-state index < -0.39 is 65.4 Å². The van der Waals surface area contributed by atoms with Crippen LogP contribution in [0, 0.1) is 35.7 Å². The molecule has 5 heterocycles. The van der Waals surface area contributed by atoms with Crippen molar-refractivity contribution in [3.8, 4) is 23.0 Å². The van der Waals surface area contributed by atoms with Crippen LogP contribution in [0.2, 0.25) is 0 Å². The third kappa shape index (κ3) is 3.52. The van der Waals surface area contributed by atoms with E-state index in [0.29, 0.717) is 25.7 Å². The van der Waals surface area contributed by atoms with Crippen molar-refractivity contribution in [1.29, 1.82) is 0 Å². The number of halogens is 6. The Bertz CT molecular complexity index is 1270. The molecule has 0 unspecified atom stereocenters. The van der Waals surface area contributed by atoms with Crippen LogP contribution >= 0.6 is 0 Å². The quantitative estimate of drug-likeness (QED) is 0.203. The highest BCUT2D eigenvalue weighted by Gasteiger charge is 2.49. The van der Waals surface area contributed by atoms with Gasteiger partial charge in [-0.2, -0.15) is 41.3 Å². The highest BCUT2D eigenvalue weighted by Crippen LogP contribution is 2.39. The molecule has 3 aromatic rings. The third-order valence-electron chi connectivity index (χ3n) is 6.30. The highest BCUT2D eigenvalue weighted by atomic mass is 19.2. The normalized spacial score (nSPS) is 13.1. The van der Waals surface area contributed by atoms with Gasteiger partial charge in [0, 0.05) is 16.6 Å². The van der Waals surface area contributed by atoms with Gasteiger partial charge in [-0.05, 0) is 36.6 Å². The van der Waals surface area contributed by atoms with Crippen LogP contribution < -0.4 is 25.9 Å². The number of hydrogen-bond acceptors (Lipinski definition) is 5. The average Bonchev–Trinajstić information content (AvgIpc) is 2.81. The first-order valence-electron chi connectivity index (χ1n) is 11.3. The van der Waals surface area contributed by atoms with Gasteiger partial charge < -0.3 is 9.47 Å². The highest BCUT2D eigenvalue weighted by molar-refractivity contribution is 6.98. The van der Waals surface area contributed by atoms with Crippen molar-refractivity contribution in [1.82, 2.24) is 15.0 Å². The number of hydrogen-bond donors (Lipinski definition) is 0. The number of pyridine rings is 3. The Morgan fingerprint density at radius 3 is 1.26 bits per heavy atom. The van der Waals surface area contributed by atoms with E-state index in [1.165, 1.54) is 0 Å². The van der Waals surface area contributed by atoms with Gasteiger partial charge in [-0.15, -0.1) is 0 Å². The predicted octanol–water partition coefficient (Wildman–Crippen LogP) is 4.12. The van der Waals surface area contributed by atoms with Crippen LogP contribution in [0.1, 0.15) is 50.7 Å². The minimum Gasteiger partial charge on any atom is -0.449 e. The van der Waals surface area contributed by atoms with Crippen LogP contribution in [0.4, 0.5) is 26.3 Å². The summed E-state index contributed by atoms with van der Waals surface area (Å²) in [5.41, 5.74) is -0.728. The van der Waals surface area contributed by atoms with Gasteiger partial charge >= 0.3 is 0 Å². The molecule has 12 heteroatoms. The SMILES string of the molecule is CCCCc1c(F)nc(F)c2c1B1c3c(CCCC)c(F)nc(F)c3Oc3c(F)nc(F)c(c31)O2. The molecule has 0 aliphatic carbocycles. The molecule has 0 bridgehead atoms. The van der Waals surface area contributed by atoms with Crippen LogP contribution in [0.3, 0.4) is 0 Å². The Kier molecular flexibility index (Phi) is 5.84. The summed E-state index contributed by atoms with van der Waals surface area (Å²) >= 11 is 0. The fourth-order valence-electron chi connectivity index (χ4n) is 4.72. The van der Waals surface area contributed by atoms with Crippen molar-refractivity contribution in [3.05, 3.63) is 46.8 Å². The van der Waals surface area contributed by atoms with Gasteiger partial charge in [0.1, 0.15) is 0 Å². The largest absolute Gasteiger partial charge is 0.449 e. The van der Waals surface area contributed by atoms with E-state index in [1.807, 2.05) is 13.8 Å². The van der Waals surface area contributed by atoms with Crippen LogP contribution in [-0.2, 0) is 12.8 Å². The molecule has 182 valence electrons. The third-order valence-corrected chi connectivity index (χ3v) is 6.30. The van der Waals surface area contributed by atoms with Gasteiger partial charge in [0.15, 0.2) is 23.0 Å². The van der Waals surface area contributed by atoms with Crippen molar-refractivity contribution in [2.24, 2.45) is 0 Å². The summed E-state index contributed by atoms with van der Waals surface area (Å²) in [6.45, 7) is 2.30. The van der Waals surface area contributed by atoms with E-state index in [4.69, 9.17) is 9.47 Å². The molecule has 0 fully saturated rings. The number of rotatable bonds is 6. The molecule has 0 amide bonds. The van der Waals surface area contributed by atoms with Crippen LogP contribution in [0.5, 0.6) is 23.0 Å². The maximum atomic E-state index is 15.0. The summed E-state index contributed by atoms with van der Waals surface area (Å²) in [6.07, 6.45) is 2.37. The second-order valence-electron chi connectivity index (χ2n) is 8.44. The predicted molar refractivity (Wildman–Crippen MR) is 114 cm³/mol. The standard InChI is InChI=1S/C23H18BF6N3O2/c1-3-5-7-9-11-14(20(27)31-18(9)25)34-16-13-17(23(30)33-22(16)29)35-15-12(24(11)13)10(8-6-4-2)19(26)32-21(15)28/h3-8H2,1-2H3. The Hall–Kier alpha value is -3.31. The lowest BCUT2D eigenvalue weighted by molar-refractivity contribution is 0.358. The molecule has 0 radical (unpaired) electrons. The summed E-state index contributed by atoms with van der Waals surface area (Å²) in [5.74, 6) is -10.5. The summed E-state index contributed by atoms with van der Waals surface area (Å²) in [5, 5.41) is 0. The zero-order valence-corrected chi connectivity index (χ0v) is 18.7. The first-order chi connectivity index (χ1) is 16.8. The lowest BCUT2D eigenvalue weighted by Crippen LogP contribution is -2.61. The summed E-state index contributed by atoms with van der Waals surface area (Å²) < 4.78 is 100. The van der Waals surface area contributed by atoms with Gasteiger partial charge in [-0.3, -0.25) is 0 Å². The summed E-state index contributed by atoms with van der Waals surface area (Å²) in [4.78, 5) is 9.62. The zero-order chi connectivity index (χ0) is 25.0. The second kappa shape index (κ2) is 8.73. The van der Waals surface area contributed by atoms with E-state index in [2.05, 4.69) is 15.0 Å². The van der Waals surface area contributed by atoms with Crippen LogP contribution in [-0.4, -0.2) is 21.7 Å². The molecule has 5 rings (SSSR count). The molecule has 2 aliphatic heterocycles. The summed E-state index contributed by atoms with van der Waals surface area (Å²) in [6, 6.07) is 0. The molecule has 0 spiro atoms. The Morgan fingerprint density at radius 1 is 0.543 bits per heavy atom. The Morgan fingerprint density at radius 2 is 0.886 bits per heavy atom. The molecule has 0 atom stereocenters. The minimum atomic E-state index is -1.42. The van der Waals surface area contributed by atoms with Gasteiger partial charge in [0.25, 0.3) is 30.5 Å². The average molecular weight is 493 g/mol. The summed E-state index contributed by atoms with van der Waals surface area (Å²) in [7, 11) is 0.